The number of para-hydroxylation sites is 2. The first-order chi connectivity index (χ1) is 29.2. The van der Waals surface area contributed by atoms with Crippen molar-refractivity contribution >= 4 is 0 Å². The van der Waals surface area contributed by atoms with Crippen LogP contribution in [0.3, 0.4) is 0 Å². The Morgan fingerprint density at radius 1 is 0.417 bits per heavy atom. The summed E-state index contributed by atoms with van der Waals surface area (Å²) in [6.45, 7) is -1.30. The van der Waals surface area contributed by atoms with Crippen LogP contribution >= 0.6 is 0 Å². The van der Waals surface area contributed by atoms with Crippen molar-refractivity contribution < 1.29 is 56.6 Å². The van der Waals surface area contributed by atoms with Gasteiger partial charge in [-0.05, 0) is 64.2 Å². The summed E-state index contributed by atoms with van der Waals surface area (Å²) in [5, 5.41) is 34.0. The van der Waals surface area contributed by atoms with Crippen LogP contribution in [0.25, 0.3) is 0 Å². The third-order valence-electron chi connectivity index (χ3n) is 9.77. The van der Waals surface area contributed by atoms with Crippen LogP contribution in [0.4, 0.5) is 17.6 Å². The molecule has 0 radical (unpaired) electrons. The van der Waals surface area contributed by atoms with E-state index in [4.69, 9.17) is 23.7 Å². The van der Waals surface area contributed by atoms with Gasteiger partial charge >= 0.3 is 0 Å². The molecule has 0 bridgehead atoms. The van der Waals surface area contributed by atoms with E-state index in [1.807, 2.05) is 60.7 Å². The average molecular weight is 827 g/mol. The van der Waals surface area contributed by atoms with E-state index in [0.29, 0.717) is 22.3 Å². The lowest BCUT2D eigenvalue weighted by molar-refractivity contribution is -0.184. The van der Waals surface area contributed by atoms with Gasteiger partial charge in [0.15, 0.2) is 23.1 Å². The minimum absolute atomic E-state index is 0.0289. The number of halogens is 4. The molecule has 0 aliphatic carbocycles. The highest BCUT2D eigenvalue weighted by Crippen LogP contribution is 2.31. The molecular formula is C48H46F4O8. The van der Waals surface area contributed by atoms with E-state index >= 15 is 8.78 Å². The fourth-order valence-electron chi connectivity index (χ4n) is 6.50. The lowest BCUT2D eigenvalue weighted by Crippen LogP contribution is -2.52. The summed E-state index contributed by atoms with van der Waals surface area (Å²) in [6.07, 6.45) is -7.89. The highest BCUT2D eigenvalue weighted by molar-refractivity contribution is 5.37. The van der Waals surface area contributed by atoms with E-state index in [9.17, 15) is 24.1 Å². The molecule has 0 saturated carbocycles. The molecule has 60 heavy (non-hydrogen) atoms. The summed E-state index contributed by atoms with van der Waals surface area (Å²) >= 11 is 0. The van der Waals surface area contributed by atoms with Crippen molar-refractivity contribution in [2.75, 3.05) is 6.61 Å². The molecule has 12 heteroatoms. The first-order valence-electron chi connectivity index (χ1n) is 19.4. The van der Waals surface area contributed by atoms with Crippen LogP contribution in [-0.2, 0) is 53.7 Å². The van der Waals surface area contributed by atoms with Gasteiger partial charge in [-0.2, -0.15) is 0 Å². The smallest absolute Gasteiger partial charge is 0.165 e. The molecule has 0 amide bonds. The molecule has 3 N–H and O–H groups in total. The van der Waals surface area contributed by atoms with Gasteiger partial charge in [-0.15, -0.1) is 0 Å². The van der Waals surface area contributed by atoms with Crippen molar-refractivity contribution in [2.24, 2.45) is 0 Å². The summed E-state index contributed by atoms with van der Waals surface area (Å²) in [7, 11) is 0. The normalized spacial score (nSPS) is 13.9. The Morgan fingerprint density at radius 2 is 0.867 bits per heavy atom. The van der Waals surface area contributed by atoms with Crippen LogP contribution in [0, 0.1) is 23.3 Å². The number of aliphatic hydroxyl groups is 3. The Morgan fingerprint density at radius 3 is 1.38 bits per heavy atom. The second-order valence-corrected chi connectivity index (χ2v) is 14.1. The van der Waals surface area contributed by atoms with Crippen molar-refractivity contribution in [1.82, 2.24) is 0 Å². The molecule has 6 rings (SSSR count). The monoisotopic (exact) mass is 826 g/mol. The maximum Gasteiger partial charge on any atom is 0.165 e. The van der Waals surface area contributed by atoms with E-state index in [1.165, 1.54) is 72.8 Å². The van der Waals surface area contributed by atoms with Crippen molar-refractivity contribution in [2.45, 2.75) is 70.0 Å². The maximum absolute atomic E-state index is 15.6. The maximum atomic E-state index is 15.6. The summed E-state index contributed by atoms with van der Waals surface area (Å²) in [5.41, 5.74) is 3.25. The van der Waals surface area contributed by atoms with E-state index in [1.54, 1.807) is 12.1 Å². The number of hydrogen-bond donors (Lipinski definition) is 3. The zero-order valence-corrected chi connectivity index (χ0v) is 32.6. The van der Waals surface area contributed by atoms with Gasteiger partial charge in [0.1, 0.15) is 49.3 Å². The topological polar surface area (TPSA) is 107 Å². The number of ether oxygens (including phenoxy) is 5. The third kappa shape index (κ3) is 12.5. The van der Waals surface area contributed by atoms with Crippen molar-refractivity contribution in [3.63, 3.8) is 0 Å². The molecular weight excluding hydrogens is 781 g/mol. The van der Waals surface area contributed by atoms with Gasteiger partial charge in [0, 0.05) is 12.0 Å². The van der Waals surface area contributed by atoms with Crippen LogP contribution in [0.1, 0.15) is 33.4 Å². The molecule has 1 unspecified atom stereocenters. The lowest BCUT2D eigenvalue weighted by atomic mass is 9.94. The highest BCUT2D eigenvalue weighted by atomic mass is 19.1. The summed E-state index contributed by atoms with van der Waals surface area (Å²) in [5.74, 6) is -2.41. The lowest BCUT2D eigenvalue weighted by Gasteiger charge is -2.36. The fourth-order valence-corrected chi connectivity index (χ4v) is 6.50. The summed E-state index contributed by atoms with van der Waals surface area (Å²) in [6, 6.07) is 37.9. The highest BCUT2D eigenvalue weighted by Gasteiger charge is 2.39. The second-order valence-electron chi connectivity index (χ2n) is 14.1. The van der Waals surface area contributed by atoms with Crippen LogP contribution in [0.5, 0.6) is 11.5 Å². The molecule has 314 valence electrons. The minimum Gasteiger partial charge on any atom is -0.486 e. The molecule has 0 saturated heterocycles. The molecule has 6 aromatic rings. The number of aliphatic hydroxyl groups excluding tert-OH is 3. The standard InChI is InChI=1S/C48H46F4O8/c49-38-21-17-34(18-22-38)27-56-43(26-53)44(54)45(55)48(60-30-35-19-23-39(50)24-20-35)42(25-36-13-7-15-40(51)46(36)58-28-32-9-3-1-4-10-32)57-31-37-14-8-16-41(52)47(37)59-29-33-11-5-2-6-12-33/h1-24,42-45,48,53-55H,25-31H2/t42?,43-,44-,45+,48-/m1/s1. The fraction of sp³-hybridized carbons (Fsp3) is 0.250. The Kier molecular flexibility index (Phi) is 16.2. The van der Waals surface area contributed by atoms with Crippen LogP contribution in [0.15, 0.2) is 146 Å². The van der Waals surface area contributed by atoms with E-state index in [-0.39, 0.29) is 51.0 Å². The first-order valence-corrected chi connectivity index (χ1v) is 19.4. The molecule has 0 aliphatic heterocycles. The molecule has 6 aromatic carbocycles. The Balaban J connectivity index is 1.34. The Hall–Kier alpha value is -5.60. The van der Waals surface area contributed by atoms with Gasteiger partial charge < -0.3 is 39.0 Å². The van der Waals surface area contributed by atoms with Gasteiger partial charge in [0.05, 0.1) is 32.5 Å². The molecule has 5 atom stereocenters. The Bertz CT molecular complexity index is 2190. The molecule has 0 aromatic heterocycles. The van der Waals surface area contributed by atoms with Crippen molar-refractivity contribution in [3.8, 4) is 11.5 Å². The van der Waals surface area contributed by atoms with Gasteiger partial charge in [-0.25, -0.2) is 17.6 Å². The van der Waals surface area contributed by atoms with Gasteiger partial charge in [-0.1, -0.05) is 109 Å². The predicted octanol–water partition coefficient (Wildman–Crippen LogP) is 8.41. The molecule has 0 fully saturated rings. The van der Waals surface area contributed by atoms with Crippen LogP contribution in [-0.4, -0.2) is 52.4 Å². The van der Waals surface area contributed by atoms with Crippen molar-refractivity contribution in [1.29, 1.82) is 0 Å². The average Bonchev–Trinajstić information content (AvgIpc) is 3.27. The van der Waals surface area contributed by atoms with Crippen LogP contribution < -0.4 is 9.47 Å². The largest absolute Gasteiger partial charge is 0.486 e. The van der Waals surface area contributed by atoms with Gasteiger partial charge in [-0.3, -0.25) is 0 Å². The van der Waals surface area contributed by atoms with E-state index < -0.39 is 60.4 Å². The summed E-state index contributed by atoms with van der Waals surface area (Å²) in [4.78, 5) is 0. The second kappa shape index (κ2) is 22.1. The quantitative estimate of drug-likeness (QED) is 0.0587. The molecule has 0 aliphatic rings. The zero-order valence-electron chi connectivity index (χ0n) is 32.6. The Labute approximate surface area is 346 Å². The van der Waals surface area contributed by atoms with Crippen molar-refractivity contribution in [3.05, 3.63) is 202 Å². The first kappa shape index (κ1) is 44.0. The van der Waals surface area contributed by atoms with E-state index in [0.717, 1.165) is 11.1 Å². The minimum atomic E-state index is -1.84. The number of hydrogen-bond acceptors (Lipinski definition) is 8. The third-order valence-corrected chi connectivity index (χ3v) is 9.77. The molecule has 8 nitrogen and oxygen atoms in total. The van der Waals surface area contributed by atoms with Gasteiger partial charge in [0.2, 0.25) is 0 Å². The number of rotatable bonds is 22. The van der Waals surface area contributed by atoms with Crippen LogP contribution in [0.2, 0.25) is 0 Å². The molecule has 0 heterocycles. The predicted molar refractivity (Wildman–Crippen MR) is 216 cm³/mol. The van der Waals surface area contributed by atoms with Gasteiger partial charge in [0.25, 0.3) is 0 Å². The SMILES string of the molecule is OC[C@@H](OCc1ccc(F)cc1)[C@@H](O)[C@H](O)[C@H](OCc1ccc(F)cc1)C(Cc1cccc(F)c1OCc1ccccc1)OCc1cccc(F)c1OCc1ccccc1. The zero-order chi connectivity index (χ0) is 42.3. The van der Waals surface area contributed by atoms with E-state index in [2.05, 4.69) is 0 Å². The number of benzene rings is 6. The summed E-state index contributed by atoms with van der Waals surface area (Å²) < 4.78 is 89.1. The molecule has 0 spiro atoms.